The molecule has 0 aromatic heterocycles. The summed E-state index contributed by atoms with van der Waals surface area (Å²) in [5.41, 5.74) is 2.36. The molecule has 0 fully saturated rings. The number of benzene rings is 2. The fourth-order valence-corrected chi connectivity index (χ4v) is 2.53. The molecule has 2 nitrogen and oxygen atoms in total. The minimum atomic E-state index is 0.586. The molecular weight excluding hydrogens is 394 g/mol. The Balaban J connectivity index is 2.47. The molecule has 0 bridgehead atoms. The van der Waals surface area contributed by atoms with Crippen molar-refractivity contribution in [3.05, 3.63) is 62.5 Å². The van der Waals surface area contributed by atoms with E-state index in [9.17, 15) is 5.26 Å². The van der Waals surface area contributed by atoms with Crippen LogP contribution >= 0.6 is 31.9 Å². The van der Waals surface area contributed by atoms with Crippen molar-refractivity contribution in [2.75, 3.05) is 6.61 Å². The van der Waals surface area contributed by atoms with E-state index in [1.165, 1.54) is 0 Å². The largest absolute Gasteiger partial charge is 0.493 e. The normalized spacial score (nSPS) is 11.0. The minimum Gasteiger partial charge on any atom is -0.493 e. The first-order chi connectivity index (χ1) is 10.1. The van der Waals surface area contributed by atoms with Crippen molar-refractivity contribution < 1.29 is 4.74 Å². The van der Waals surface area contributed by atoms with Crippen LogP contribution in [-0.2, 0) is 0 Å². The lowest BCUT2D eigenvalue weighted by molar-refractivity contribution is 0.339. The predicted octanol–water partition coefficient (Wildman–Crippen LogP) is 5.67. The van der Waals surface area contributed by atoms with Crippen molar-refractivity contribution in [2.24, 2.45) is 0 Å². The lowest BCUT2D eigenvalue weighted by Crippen LogP contribution is -1.94. The quantitative estimate of drug-likeness (QED) is 0.483. The summed E-state index contributed by atoms with van der Waals surface area (Å²) in [6.45, 7) is 2.53. The Morgan fingerprint density at radius 3 is 2.43 bits per heavy atom. The van der Waals surface area contributed by atoms with Gasteiger partial charge in [-0.15, -0.1) is 0 Å². The molecule has 2 rings (SSSR count). The van der Waals surface area contributed by atoms with E-state index in [-0.39, 0.29) is 0 Å². The highest BCUT2D eigenvalue weighted by molar-refractivity contribution is 9.10. The number of rotatable bonds is 4. The lowest BCUT2D eigenvalue weighted by atomic mass is 10.0. The molecule has 4 heteroatoms. The summed E-state index contributed by atoms with van der Waals surface area (Å²) in [7, 11) is 0. The zero-order valence-corrected chi connectivity index (χ0v) is 14.6. The summed E-state index contributed by atoms with van der Waals surface area (Å²) < 4.78 is 7.55. The van der Waals surface area contributed by atoms with Gasteiger partial charge in [0, 0.05) is 14.5 Å². The molecule has 0 N–H and O–H groups in total. The molecule has 0 radical (unpaired) electrons. The predicted molar refractivity (Wildman–Crippen MR) is 92.9 cm³/mol. The van der Waals surface area contributed by atoms with Crippen molar-refractivity contribution >= 4 is 43.5 Å². The zero-order valence-electron chi connectivity index (χ0n) is 11.4. The molecule has 0 atom stereocenters. The standard InChI is InChI=1S/C17H13Br2NO/c1-2-21-17-8-7-16(19)10-13(17)9-14(11-20)12-3-5-15(18)6-4-12/h3-10H,2H2,1H3/b14-9+. The van der Waals surface area contributed by atoms with Crippen LogP contribution < -0.4 is 4.74 Å². The van der Waals surface area contributed by atoms with Crippen LogP contribution in [0, 0.1) is 11.3 Å². The molecule has 0 aliphatic heterocycles. The Kier molecular flexibility index (Phi) is 5.60. The zero-order chi connectivity index (χ0) is 15.2. The highest BCUT2D eigenvalue weighted by Crippen LogP contribution is 2.28. The van der Waals surface area contributed by atoms with E-state index in [1.54, 1.807) is 0 Å². The van der Waals surface area contributed by atoms with Crippen LogP contribution in [0.15, 0.2) is 51.4 Å². The van der Waals surface area contributed by atoms with E-state index in [0.29, 0.717) is 12.2 Å². The highest BCUT2D eigenvalue weighted by atomic mass is 79.9. The van der Waals surface area contributed by atoms with Gasteiger partial charge in [-0.2, -0.15) is 5.26 Å². The Labute approximate surface area is 141 Å². The molecule has 0 amide bonds. The second kappa shape index (κ2) is 7.44. The monoisotopic (exact) mass is 405 g/mol. The molecular formula is C17H13Br2NO. The van der Waals surface area contributed by atoms with Crippen molar-refractivity contribution in [1.29, 1.82) is 5.26 Å². The maximum Gasteiger partial charge on any atom is 0.126 e. The Hall–Kier alpha value is -1.57. The van der Waals surface area contributed by atoms with Gasteiger partial charge in [0.25, 0.3) is 0 Å². The van der Waals surface area contributed by atoms with Crippen molar-refractivity contribution in [2.45, 2.75) is 6.92 Å². The first-order valence-corrected chi connectivity index (χ1v) is 8.02. The third-order valence-electron chi connectivity index (χ3n) is 2.85. The number of nitrogens with zero attached hydrogens (tertiary/aromatic N) is 1. The molecule has 0 heterocycles. The van der Waals surface area contributed by atoms with Gasteiger partial charge in [0.1, 0.15) is 5.75 Å². The molecule has 0 saturated carbocycles. The second-order valence-corrected chi connectivity index (χ2v) is 6.12. The van der Waals surface area contributed by atoms with E-state index in [2.05, 4.69) is 37.9 Å². The van der Waals surface area contributed by atoms with E-state index in [0.717, 1.165) is 25.8 Å². The van der Waals surface area contributed by atoms with Gasteiger partial charge in [0.05, 0.1) is 18.2 Å². The summed E-state index contributed by atoms with van der Waals surface area (Å²) >= 11 is 6.85. The fraction of sp³-hybridized carbons (Fsp3) is 0.118. The van der Waals surface area contributed by atoms with Crippen LogP contribution in [0.5, 0.6) is 5.75 Å². The van der Waals surface area contributed by atoms with Gasteiger partial charge in [-0.25, -0.2) is 0 Å². The van der Waals surface area contributed by atoms with Gasteiger partial charge in [-0.1, -0.05) is 44.0 Å². The second-order valence-electron chi connectivity index (χ2n) is 4.29. The summed E-state index contributed by atoms with van der Waals surface area (Å²) in [4.78, 5) is 0. The van der Waals surface area contributed by atoms with Crippen LogP contribution in [0.25, 0.3) is 11.6 Å². The van der Waals surface area contributed by atoms with Gasteiger partial charge >= 0.3 is 0 Å². The average molecular weight is 407 g/mol. The molecule has 0 spiro atoms. The summed E-state index contributed by atoms with van der Waals surface area (Å²) in [5, 5.41) is 9.42. The molecule has 0 aliphatic rings. The molecule has 106 valence electrons. The SMILES string of the molecule is CCOc1ccc(Br)cc1/C=C(\C#N)c1ccc(Br)cc1. The highest BCUT2D eigenvalue weighted by Gasteiger charge is 2.06. The van der Waals surface area contributed by atoms with E-state index < -0.39 is 0 Å². The third kappa shape index (κ3) is 4.20. The fourth-order valence-electron chi connectivity index (χ4n) is 1.88. The molecule has 21 heavy (non-hydrogen) atoms. The number of nitriles is 1. The average Bonchev–Trinajstić information content (AvgIpc) is 2.48. The minimum absolute atomic E-state index is 0.586. The number of allylic oxidation sites excluding steroid dienone is 1. The number of hydrogen-bond acceptors (Lipinski definition) is 2. The Morgan fingerprint density at radius 1 is 1.14 bits per heavy atom. The maximum atomic E-state index is 9.42. The number of halogens is 2. The molecule has 2 aromatic carbocycles. The van der Waals surface area contributed by atoms with Crippen molar-refractivity contribution in [3.63, 3.8) is 0 Å². The number of ether oxygens (including phenoxy) is 1. The van der Waals surface area contributed by atoms with Crippen LogP contribution in [0.4, 0.5) is 0 Å². The molecule has 0 aliphatic carbocycles. The first-order valence-electron chi connectivity index (χ1n) is 6.44. The van der Waals surface area contributed by atoms with Gasteiger partial charge in [0.15, 0.2) is 0 Å². The third-order valence-corrected chi connectivity index (χ3v) is 3.87. The number of hydrogen-bond donors (Lipinski definition) is 0. The van der Waals surface area contributed by atoms with Gasteiger partial charge in [-0.05, 0) is 48.9 Å². The van der Waals surface area contributed by atoms with Gasteiger partial charge in [0.2, 0.25) is 0 Å². The Bertz CT molecular complexity index is 700. The maximum absolute atomic E-state index is 9.42. The van der Waals surface area contributed by atoms with Crippen molar-refractivity contribution in [1.82, 2.24) is 0 Å². The first kappa shape index (κ1) is 15.8. The van der Waals surface area contributed by atoms with Crippen LogP contribution in [-0.4, -0.2) is 6.61 Å². The lowest BCUT2D eigenvalue weighted by Gasteiger charge is -2.08. The molecule has 0 unspecified atom stereocenters. The van der Waals surface area contributed by atoms with Crippen LogP contribution in [0.2, 0.25) is 0 Å². The smallest absolute Gasteiger partial charge is 0.126 e. The van der Waals surface area contributed by atoms with Crippen molar-refractivity contribution in [3.8, 4) is 11.8 Å². The van der Waals surface area contributed by atoms with E-state index in [4.69, 9.17) is 4.74 Å². The van der Waals surface area contributed by atoms with Crippen LogP contribution in [0.3, 0.4) is 0 Å². The summed E-state index contributed by atoms with van der Waals surface area (Å²) in [6.07, 6.45) is 1.85. The topological polar surface area (TPSA) is 33.0 Å². The molecule has 0 saturated heterocycles. The van der Waals surface area contributed by atoms with Gasteiger partial charge in [-0.3, -0.25) is 0 Å². The Morgan fingerprint density at radius 2 is 1.81 bits per heavy atom. The van der Waals surface area contributed by atoms with E-state index in [1.807, 2.05) is 55.5 Å². The summed E-state index contributed by atoms with van der Waals surface area (Å²) in [5.74, 6) is 0.769. The van der Waals surface area contributed by atoms with E-state index >= 15 is 0 Å². The van der Waals surface area contributed by atoms with Crippen LogP contribution in [0.1, 0.15) is 18.1 Å². The molecule has 2 aromatic rings. The van der Waals surface area contributed by atoms with Gasteiger partial charge < -0.3 is 4.74 Å². The summed E-state index contributed by atoms with van der Waals surface area (Å²) in [6, 6.07) is 15.7.